The molecule has 12 heteroatoms. The highest BCUT2D eigenvalue weighted by molar-refractivity contribution is 7.32. The van der Waals surface area contributed by atoms with E-state index in [1.165, 1.54) is 40.1 Å². The molecule has 75 heavy (non-hydrogen) atoms. The van der Waals surface area contributed by atoms with Crippen LogP contribution >= 0.6 is 34.0 Å². The highest BCUT2D eigenvalue weighted by Gasteiger charge is 2.59. The number of rotatable bonds is 8. The fourth-order valence-electron chi connectivity index (χ4n) is 10.4. The van der Waals surface area contributed by atoms with E-state index in [1.807, 2.05) is 115 Å². The van der Waals surface area contributed by atoms with Gasteiger partial charge >= 0.3 is 17.5 Å². The van der Waals surface area contributed by atoms with Crippen LogP contribution in [0.4, 0.5) is 0 Å². The Morgan fingerprint density at radius 3 is 1.27 bits per heavy atom. The van der Waals surface area contributed by atoms with Crippen LogP contribution in [0.25, 0.3) is 74.4 Å². The molecule has 0 saturated heterocycles. The summed E-state index contributed by atoms with van der Waals surface area (Å²) in [4.78, 5) is 89.0. The lowest BCUT2D eigenvalue weighted by atomic mass is 9.90. The molecule has 3 aromatic heterocycles. The van der Waals surface area contributed by atoms with Crippen molar-refractivity contribution >= 4 is 134 Å². The molecule has 1 aliphatic heterocycles. The molecular weight excluding hydrogens is 997 g/mol. The van der Waals surface area contributed by atoms with Crippen molar-refractivity contribution in [1.29, 1.82) is 0 Å². The fraction of sp³-hybridized carbons (Fsp3) is 0.0476. The molecule has 0 radical (unpaired) electrons. The summed E-state index contributed by atoms with van der Waals surface area (Å²) >= 11 is 3.79. The highest BCUT2D eigenvalue weighted by Crippen LogP contribution is 2.58. The zero-order valence-electron chi connectivity index (χ0n) is 39.1. The topological polar surface area (TPSA) is 130 Å². The van der Waals surface area contributed by atoms with Gasteiger partial charge in [0, 0.05) is 37.6 Å². The Morgan fingerprint density at radius 2 is 0.840 bits per heavy atom. The zero-order chi connectivity index (χ0) is 50.7. The van der Waals surface area contributed by atoms with Crippen LogP contribution in [0.1, 0.15) is 67.9 Å². The van der Waals surface area contributed by atoms with Crippen molar-refractivity contribution in [3.05, 3.63) is 230 Å². The van der Waals surface area contributed by atoms with Gasteiger partial charge in [-0.15, -0.1) is 34.0 Å². The first-order chi connectivity index (χ1) is 36.6. The summed E-state index contributed by atoms with van der Waals surface area (Å²) < 4.78 is 20.2. The van der Waals surface area contributed by atoms with Gasteiger partial charge in [0.2, 0.25) is 0 Å². The van der Waals surface area contributed by atoms with Gasteiger partial charge in [-0.3, -0.25) is 19.2 Å². The third kappa shape index (κ3) is 7.16. The smallest absolute Gasteiger partial charge is 0.367 e. The van der Waals surface area contributed by atoms with Crippen LogP contribution < -0.4 is 4.74 Å². The van der Waals surface area contributed by atoms with Gasteiger partial charge in [0.1, 0.15) is 13.2 Å². The molecule has 0 unspecified atom stereocenters. The van der Waals surface area contributed by atoms with E-state index in [1.54, 1.807) is 60.7 Å². The number of allylic oxidation sites excluding steroid dienone is 2. The van der Waals surface area contributed by atoms with Gasteiger partial charge in [0.25, 0.3) is 0 Å². The lowest BCUT2D eigenvalue weighted by Gasteiger charge is -2.33. The summed E-state index contributed by atoms with van der Waals surface area (Å²) in [7, 11) is 0. The number of Topliss-reactive ketones (excluding diaryl/α,β-unsaturated/α-hetero) is 4. The van der Waals surface area contributed by atoms with Gasteiger partial charge in [-0.25, -0.2) is 9.59 Å². The van der Waals surface area contributed by atoms with Crippen LogP contribution in [0.15, 0.2) is 181 Å². The monoisotopic (exact) mass is 1030 g/mol. The SMILES string of the molecule is O=C1C(=Cc2cc3c(s2)-c2sc4cc(C=C5C(=O)c6cc7cc8ccccc8cc7cc6C5=O)sc4c2OC3(C(=O)OCc2ccccc2)C(=O)OCc2ccccc2)C(=O)c2cc3cc4ccccc4cc3cc21. The number of ketones is 4. The highest BCUT2D eigenvalue weighted by atomic mass is 32.1. The van der Waals surface area contributed by atoms with Gasteiger partial charge in [0.15, 0.2) is 28.9 Å². The number of hydrogen-bond acceptors (Lipinski definition) is 12. The number of thiophene rings is 3. The quantitative estimate of drug-likeness (QED) is 0.0480. The molecule has 358 valence electrons. The van der Waals surface area contributed by atoms with E-state index < -0.39 is 29.1 Å². The summed E-state index contributed by atoms with van der Waals surface area (Å²) in [6.07, 6.45) is 3.11. The maximum atomic E-state index is 15.1. The van der Waals surface area contributed by atoms with Crippen LogP contribution in [0.3, 0.4) is 0 Å². The molecule has 8 aromatic carbocycles. The molecule has 0 bridgehead atoms. The minimum Gasteiger partial charge on any atom is -0.457 e. The summed E-state index contributed by atoms with van der Waals surface area (Å²) in [6.45, 7) is -0.394. The first-order valence-corrected chi connectivity index (χ1v) is 26.4. The van der Waals surface area contributed by atoms with E-state index in [4.69, 9.17) is 14.2 Å². The zero-order valence-corrected chi connectivity index (χ0v) is 41.6. The van der Waals surface area contributed by atoms with Crippen molar-refractivity contribution in [2.24, 2.45) is 0 Å². The maximum absolute atomic E-state index is 15.1. The molecule has 0 atom stereocenters. The van der Waals surface area contributed by atoms with Gasteiger partial charge in [-0.2, -0.15) is 0 Å². The summed E-state index contributed by atoms with van der Waals surface area (Å²) in [5.41, 5.74) is 0.152. The molecule has 4 heterocycles. The maximum Gasteiger partial charge on any atom is 0.367 e. The normalized spacial score (nSPS) is 14.3. The third-order valence-electron chi connectivity index (χ3n) is 14.1. The second-order valence-electron chi connectivity index (χ2n) is 18.7. The third-order valence-corrected chi connectivity index (χ3v) is 17.7. The standard InChI is InChI=1S/C63H34O9S3/c64-53-45-23-39-19-35-15-7-8-16-36(35)20-40(39)24-46(45)54(65)49(53)27-43-29-51-58(73-43)60-57(72-63(51,61(68)70-31-33-11-3-1-4-12-33)62(69)71-32-34-13-5-2-6-14-34)59-52(75-60)30-44(74-59)28-50-55(66)47-25-41-21-37-17-9-10-18-38(37)22-42(41)26-48(47)56(50)67/h1-30H,31-32H2. The molecule has 3 aliphatic rings. The number of benzene rings is 8. The summed E-state index contributed by atoms with van der Waals surface area (Å²) in [5, 5.41) is 7.41. The number of carbonyl (C=O) groups excluding carboxylic acids is 6. The van der Waals surface area contributed by atoms with Crippen molar-refractivity contribution in [2.45, 2.75) is 18.8 Å². The molecule has 0 fully saturated rings. The fourth-order valence-corrected chi connectivity index (χ4v) is 14.2. The Balaban J connectivity index is 0.889. The number of ether oxygens (including phenoxy) is 3. The van der Waals surface area contributed by atoms with Gasteiger partial charge in [0.05, 0.1) is 30.3 Å². The van der Waals surface area contributed by atoms with Crippen LogP contribution in [0.5, 0.6) is 5.75 Å². The molecule has 11 aromatic rings. The number of carbonyl (C=O) groups is 6. The number of fused-ring (bicyclic) bond motifs is 11. The van der Waals surface area contributed by atoms with E-state index in [0.29, 0.717) is 62.3 Å². The molecule has 0 amide bonds. The molecule has 0 N–H and O–H groups in total. The Labute approximate surface area is 438 Å². The number of hydrogen-bond donors (Lipinski definition) is 0. The average molecular weight is 1030 g/mol. The van der Waals surface area contributed by atoms with Crippen LogP contribution in [-0.4, -0.2) is 35.1 Å². The molecule has 0 saturated carbocycles. The van der Waals surface area contributed by atoms with Crippen molar-refractivity contribution in [3.8, 4) is 15.5 Å². The first-order valence-electron chi connectivity index (χ1n) is 24.0. The van der Waals surface area contributed by atoms with Crippen molar-refractivity contribution in [1.82, 2.24) is 0 Å². The molecule has 9 nitrogen and oxygen atoms in total. The van der Waals surface area contributed by atoms with Crippen LogP contribution in [-0.2, 0) is 37.9 Å². The van der Waals surface area contributed by atoms with Crippen molar-refractivity contribution in [2.75, 3.05) is 0 Å². The summed E-state index contributed by atoms with van der Waals surface area (Å²) in [5.74, 6) is -3.50. The van der Waals surface area contributed by atoms with Crippen molar-refractivity contribution in [3.63, 3.8) is 0 Å². The van der Waals surface area contributed by atoms with Crippen molar-refractivity contribution < 1.29 is 43.0 Å². The lowest BCUT2D eigenvalue weighted by Crippen LogP contribution is -2.52. The second-order valence-corrected chi connectivity index (χ2v) is 21.9. The van der Waals surface area contributed by atoms with Gasteiger partial charge in [-0.1, -0.05) is 109 Å². The van der Waals surface area contributed by atoms with E-state index >= 15 is 9.59 Å². The van der Waals surface area contributed by atoms with E-state index in [-0.39, 0.29) is 47.2 Å². The predicted molar refractivity (Wildman–Crippen MR) is 294 cm³/mol. The molecule has 0 spiro atoms. The Kier molecular flexibility index (Phi) is 10.2. The molecule has 2 aliphatic carbocycles. The Hall–Kier alpha value is -8.94. The van der Waals surface area contributed by atoms with Crippen LogP contribution in [0.2, 0.25) is 0 Å². The minimum atomic E-state index is -2.53. The second kappa shape index (κ2) is 17.1. The first kappa shape index (κ1) is 44.7. The van der Waals surface area contributed by atoms with Crippen LogP contribution in [0, 0.1) is 0 Å². The Morgan fingerprint density at radius 1 is 0.440 bits per heavy atom. The minimum absolute atomic E-state index is 0.0229. The van der Waals surface area contributed by atoms with Gasteiger partial charge in [-0.05, 0) is 127 Å². The largest absolute Gasteiger partial charge is 0.457 e. The molecular formula is C63H34O9S3. The predicted octanol–water partition coefficient (Wildman–Crippen LogP) is 14.3. The lowest BCUT2D eigenvalue weighted by molar-refractivity contribution is -0.183. The Bertz CT molecular complexity index is 4250. The van der Waals surface area contributed by atoms with Gasteiger partial charge < -0.3 is 14.2 Å². The van der Waals surface area contributed by atoms with E-state index in [9.17, 15) is 19.2 Å². The summed E-state index contributed by atoms with van der Waals surface area (Å²) in [6, 6.07) is 52.5. The molecule has 14 rings (SSSR count). The number of esters is 2. The average Bonchev–Trinajstić information content (AvgIpc) is 4.34. The van der Waals surface area contributed by atoms with E-state index in [2.05, 4.69) is 0 Å². The van der Waals surface area contributed by atoms with E-state index in [0.717, 1.165) is 43.1 Å².